The molecule has 1 aromatic carbocycles. The Hall–Kier alpha value is -2.48. The Bertz CT molecular complexity index is 1130. The van der Waals surface area contributed by atoms with Gasteiger partial charge in [-0.25, -0.2) is 21.6 Å². The van der Waals surface area contributed by atoms with Gasteiger partial charge in [-0.15, -0.1) is 13.2 Å². The Balaban J connectivity index is 0.00000352. The van der Waals surface area contributed by atoms with Crippen molar-refractivity contribution >= 4 is 32.0 Å². The SMILES string of the molecule is C=C.CCN(CC)S(=O)(=O)c1ccc(S(=O)(=O)N2CCC[C@@H](C(=O)NCCNC(=O)OC(C)(C)C)C2)cc1. The van der Waals surface area contributed by atoms with E-state index in [1.807, 2.05) is 0 Å². The number of amides is 2. The van der Waals surface area contributed by atoms with Crippen molar-refractivity contribution < 1.29 is 31.2 Å². The number of hydrogen-bond acceptors (Lipinski definition) is 7. The van der Waals surface area contributed by atoms with Gasteiger partial charge in [-0.1, -0.05) is 13.8 Å². The van der Waals surface area contributed by atoms with E-state index in [1.54, 1.807) is 34.6 Å². The fraction of sp³-hybridized carbons (Fsp3) is 0.600. The molecule has 0 spiro atoms. The quantitative estimate of drug-likeness (QED) is 0.323. The molecule has 1 aliphatic heterocycles. The first-order valence-corrected chi connectivity index (χ1v) is 15.4. The van der Waals surface area contributed by atoms with E-state index in [1.165, 1.54) is 32.9 Å². The van der Waals surface area contributed by atoms with Gasteiger partial charge in [0.15, 0.2) is 0 Å². The maximum Gasteiger partial charge on any atom is 0.407 e. The first-order chi connectivity index (χ1) is 17.7. The molecular weight excluding hydrogens is 532 g/mol. The summed E-state index contributed by atoms with van der Waals surface area (Å²) in [7, 11) is -7.60. The van der Waals surface area contributed by atoms with Crippen molar-refractivity contribution in [1.29, 1.82) is 0 Å². The Morgan fingerprint density at radius 1 is 1.00 bits per heavy atom. The number of alkyl carbamates (subject to hydrolysis) is 1. The van der Waals surface area contributed by atoms with Crippen molar-refractivity contribution in [2.45, 2.75) is 62.9 Å². The first-order valence-electron chi connectivity index (χ1n) is 12.6. The van der Waals surface area contributed by atoms with E-state index < -0.39 is 37.7 Å². The molecule has 0 aromatic heterocycles. The largest absolute Gasteiger partial charge is 0.444 e. The van der Waals surface area contributed by atoms with Crippen LogP contribution in [0.3, 0.4) is 0 Å². The van der Waals surface area contributed by atoms with Crippen LogP contribution < -0.4 is 10.6 Å². The second kappa shape index (κ2) is 14.6. The fourth-order valence-corrected chi connectivity index (χ4v) is 6.81. The minimum Gasteiger partial charge on any atom is -0.444 e. The Morgan fingerprint density at radius 2 is 1.53 bits per heavy atom. The third-order valence-corrected chi connectivity index (χ3v) is 9.60. The molecule has 11 nitrogen and oxygen atoms in total. The summed E-state index contributed by atoms with van der Waals surface area (Å²) >= 11 is 0. The number of hydrogen-bond donors (Lipinski definition) is 2. The molecule has 0 aliphatic carbocycles. The molecule has 216 valence electrons. The van der Waals surface area contributed by atoms with Gasteiger partial charge in [0.1, 0.15) is 5.60 Å². The number of ether oxygens (including phenoxy) is 1. The second-order valence-electron chi connectivity index (χ2n) is 9.48. The van der Waals surface area contributed by atoms with Crippen LogP contribution in [0, 0.1) is 5.92 Å². The van der Waals surface area contributed by atoms with Crippen LogP contribution in [0.25, 0.3) is 0 Å². The summed E-state index contributed by atoms with van der Waals surface area (Å²) in [5, 5.41) is 5.28. The lowest BCUT2D eigenvalue weighted by Gasteiger charge is -2.31. The van der Waals surface area contributed by atoms with Crippen molar-refractivity contribution in [3.8, 4) is 0 Å². The highest BCUT2D eigenvalue weighted by Crippen LogP contribution is 2.25. The molecule has 1 atom stereocenters. The molecule has 0 bridgehead atoms. The number of nitrogens with one attached hydrogen (secondary N) is 2. The van der Waals surface area contributed by atoms with Gasteiger partial charge in [-0.3, -0.25) is 4.79 Å². The number of benzene rings is 1. The zero-order valence-corrected chi connectivity index (χ0v) is 24.7. The minimum absolute atomic E-state index is 0.0210. The summed E-state index contributed by atoms with van der Waals surface area (Å²) in [6, 6.07) is 5.17. The van der Waals surface area contributed by atoms with Crippen LogP contribution in [0.4, 0.5) is 4.79 Å². The number of carbonyl (C=O) groups is 2. The van der Waals surface area contributed by atoms with Crippen LogP contribution in [0.15, 0.2) is 47.2 Å². The van der Waals surface area contributed by atoms with Crippen LogP contribution >= 0.6 is 0 Å². The summed E-state index contributed by atoms with van der Waals surface area (Å²) in [4.78, 5) is 24.3. The Labute approximate surface area is 227 Å². The maximum absolute atomic E-state index is 13.2. The Morgan fingerprint density at radius 3 is 2.05 bits per heavy atom. The standard InChI is InChI=1S/C23H38N4O7S2.C2H4/c1-6-26(7-2)35(30,31)19-10-12-20(13-11-19)36(32,33)27-16-8-9-18(17-27)21(28)24-14-15-25-22(29)34-23(3,4)5;1-2/h10-13,18H,6-9,14-17H2,1-5H3,(H,24,28)(H,25,29);1-2H2/t18-;/m1./s1. The lowest BCUT2D eigenvalue weighted by molar-refractivity contribution is -0.126. The van der Waals surface area contributed by atoms with Crippen LogP contribution in [0.5, 0.6) is 0 Å². The fourth-order valence-electron chi connectivity index (χ4n) is 3.83. The third kappa shape index (κ3) is 9.37. The van der Waals surface area contributed by atoms with E-state index in [0.717, 1.165) is 0 Å². The van der Waals surface area contributed by atoms with Crippen molar-refractivity contribution in [1.82, 2.24) is 19.2 Å². The average molecular weight is 575 g/mol. The van der Waals surface area contributed by atoms with Gasteiger partial charge in [-0.2, -0.15) is 8.61 Å². The van der Waals surface area contributed by atoms with Gasteiger partial charge in [0, 0.05) is 39.3 Å². The molecule has 1 aromatic rings. The molecule has 1 fully saturated rings. The summed E-state index contributed by atoms with van der Waals surface area (Å²) in [6.45, 7) is 16.0. The summed E-state index contributed by atoms with van der Waals surface area (Å²) < 4.78 is 59.4. The molecule has 0 saturated carbocycles. The number of sulfonamides is 2. The first kappa shape index (κ1) is 33.5. The van der Waals surface area contributed by atoms with Crippen molar-refractivity contribution in [2.75, 3.05) is 39.3 Å². The van der Waals surface area contributed by atoms with Crippen LogP contribution in [0.1, 0.15) is 47.5 Å². The predicted molar refractivity (Wildman–Crippen MR) is 147 cm³/mol. The highest BCUT2D eigenvalue weighted by atomic mass is 32.2. The zero-order chi connectivity index (χ0) is 29.1. The average Bonchev–Trinajstić information content (AvgIpc) is 2.87. The van der Waals surface area contributed by atoms with E-state index in [0.29, 0.717) is 25.9 Å². The van der Waals surface area contributed by atoms with Gasteiger partial charge >= 0.3 is 6.09 Å². The second-order valence-corrected chi connectivity index (χ2v) is 13.4. The number of nitrogens with zero attached hydrogens (tertiary/aromatic N) is 2. The molecule has 0 unspecified atom stereocenters. The highest BCUT2D eigenvalue weighted by molar-refractivity contribution is 7.89. The van der Waals surface area contributed by atoms with Gasteiger partial charge in [0.2, 0.25) is 26.0 Å². The van der Waals surface area contributed by atoms with Gasteiger partial charge in [0.25, 0.3) is 0 Å². The number of carbonyl (C=O) groups excluding carboxylic acids is 2. The number of rotatable bonds is 10. The molecule has 0 radical (unpaired) electrons. The number of piperidine rings is 1. The smallest absolute Gasteiger partial charge is 0.407 e. The lowest BCUT2D eigenvalue weighted by Crippen LogP contribution is -2.46. The van der Waals surface area contributed by atoms with E-state index in [9.17, 15) is 26.4 Å². The van der Waals surface area contributed by atoms with Crippen LogP contribution in [0.2, 0.25) is 0 Å². The lowest BCUT2D eigenvalue weighted by atomic mass is 9.99. The molecule has 2 N–H and O–H groups in total. The predicted octanol–water partition coefficient (Wildman–Crippen LogP) is 2.56. The summed E-state index contributed by atoms with van der Waals surface area (Å²) in [5.74, 6) is -0.820. The van der Waals surface area contributed by atoms with Crippen molar-refractivity contribution in [3.63, 3.8) is 0 Å². The molecular formula is C25H42N4O7S2. The van der Waals surface area contributed by atoms with E-state index in [2.05, 4.69) is 23.8 Å². The normalized spacial score (nSPS) is 16.7. The molecule has 38 heavy (non-hydrogen) atoms. The van der Waals surface area contributed by atoms with Gasteiger partial charge < -0.3 is 15.4 Å². The highest BCUT2D eigenvalue weighted by Gasteiger charge is 2.33. The van der Waals surface area contributed by atoms with Crippen LogP contribution in [-0.4, -0.2) is 82.3 Å². The maximum atomic E-state index is 13.2. The zero-order valence-electron chi connectivity index (χ0n) is 23.0. The molecule has 1 saturated heterocycles. The van der Waals surface area contributed by atoms with E-state index in [4.69, 9.17) is 4.74 Å². The summed E-state index contributed by atoms with van der Waals surface area (Å²) in [6.07, 6.45) is 0.475. The van der Waals surface area contributed by atoms with Crippen molar-refractivity contribution in [3.05, 3.63) is 37.4 Å². The van der Waals surface area contributed by atoms with Gasteiger partial charge in [-0.05, 0) is 57.9 Å². The monoisotopic (exact) mass is 574 g/mol. The van der Waals surface area contributed by atoms with E-state index in [-0.39, 0.29) is 41.9 Å². The van der Waals surface area contributed by atoms with Crippen molar-refractivity contribution in [2.24, 2.45) is 5.92 Å². The molecule has 2 rings (SSSR count). The van der Waals surface area contributed by atoms with Gasteiger partial charge in [0.05, 0.1) is 15.7 Å². The Kier molecular flexibility index (Phi) is 12.9. The topological polar surface area (TPSA) is 142 Å². The molecule has 13 heteroatoms. The molecule has 1 aliphatic rings. The van der Waals surface area contributed by atoms with E-state index >= 15 is 0 Å². The van der Waals surface area contributed by atoms with Crippen LogP contribution in [-0.2, 0) is 29.6 Å². The third-order valence-electron chi connectivity index (χ3n) is 5.65. The molecule has 2 amide bonds. The molecule has 1 heterocycles. The minimum atomic E-state index is -3.90. The summed E-state index contributed by atoms with van der Waals surface area (Å²) in [5.41, 5.74) is -0.621.